The van der Waals surface area contributed by atoms with Crippen LogP contribution in [0.15, 0.2) is 54.6 Å². The Kier molecular flexibility index (Phi) is 5.28. The minimum absolute atomic E-state index is 0.00734. The van der Waals surface area contributed by atoms with Gasteiger partial charge in [0, 0.05) is 6.04 Å². The van der Waals surface area contributed by atoms with Crippen LogP contribution in [0.3, 0.4) is 0 Å². The van der Waals surface area contributed by atoms with Crippen molar-refractivity contribution >= 4 is 11.8 Å². The maximum Gasteiger partial charge on any atom is 0.309 e. The van der Waals surface area contributed by atoms with Crippen molar-refractivity contribution < 1.29 is 18.7 Å². The molecule has 3 rings (SSSR count). The summed E-state index contributed by atoms with van der Waals surface area (Å²) >= 11 is 0. The van der Waals surface area contributed by atoms with Gasteiger partial charge in [-0.3, -0.25) is 9.59 Å². The molecule has 1 atom stereocenters. The molecule has 2 aromatic carbocycles. The highest BCUT2D eigenvalue weighted by Crippen LogP contribution is 2.20. The normalized spacial score (nSPS) is 14.4. The number of hydrogen-bond acceptors (Lipinski definition) is 3. The molecule has 0 bridgehead atoms. The molecule has 0 radical (unpaired) electrons. The molecule has 0 aromatic heterocycles. The fourth-order valence-electron chi connectivity index (χ4n) is 2.34. The molecule has 0 aliphatic heterocycles. The summed E-state index contributed by atoms with van der Waals surface area (Å²) in [5.74, 6) is -1.76. The molecule has 5 nitrogen and oxygen atoms in total. The molecule has 2 amide bonds. The summed E-state index contributed by atoms with van der Waals surface area (Å²) in [6.07, 6.45) is 1.80. The van der Waals surface area contributed by atoms with Gasteiger partial charge in [0.15, 0.2) is 11.6 Å². The molecule has 1 fully saturated rings. The summed E-state index contributed by atoms with van der Waals surface area (Å²) in [5.41, 5.74) is 0.770. The second-order valence-corrected chi connectivity index (χ2v) is 5.93. The first-order valence-corrected chi connectivity index (χ1v) is 8.17. The lowest BCUT2D eigenvalue weighted by Gasteiger charge is -2.20. The van der Waals surface area contributed by atoms with Crippen molar-refractivity contribution in [3.05, 3.63) is 66.0 Å². The van der Waals surface area contributed by atoms with Gasteiger partial charge in [-0.2, -0.15) is 0 Å². The van der Waals surface area contributed by atoms with E-state index in [1.165, 1.54) is 12.1 Å². The molecule has 25 heavy (non-hydrogen) atoms. The average Bonchev–Trinajstić information content (AvgIpc) is 3.44. The second-order valence-electron chi connectivity index (χ2n) is 5.93. The lowest BCUT2D eigenvalue weighted by Crippen LogP contribution is -2.43. The van der Waals surface area contributed by atoms with E-state index in [-0.39, 0.29) is 18.4 Å². The highest BCUT2D eigenvalue weighted by atomic mass is 19.1. The number of ether oxygens (including phenoxy) is 1. The molecule has 6 heteroatoms. The topological polar surface area (TPSA) is 67.4 Å². The summed E-state index contributed by atoms with van der Waals surface area (Å²) in [6.45, 7) is 0.00734. The molecule has 1 aliphatic carbocycles. The van der Waals surface area contributed by atoms with Crippen molar-refractivity contribution in [2.75, 3.05) is 6.61 Å². The van der Waals surface area contributed by atoms with E-state index >= 15 is 0 Å². The molecular weight excluding hydrogens is 323 g/mol. The van der Waals surface area contributed by atoms with E-state index in [1.807, 2.05) is 30.3 Å². The second kappa shape index (κ2) is 7.79. The Morgan fingerprint density at radius 3 is 2.40 bits per heavy atom. The Hall–Kier alpha value is -2.89. The zero-order chi connectivity index (χ0) is 17.6. The summed E-state index contributed by atoms with van der Waals surface area (Å²) in [6, 6.07) is 14.7. The number of carbonyl (C=O) groups excluding carboxylic acids is 2. The van der Waals surface area contributed by atoms with Crippen LogP contribution in [0, 0.1) is 5.82 Å². The van der Waals surface area contributed by atoms with Crippen molar-refractivity contribution in [2.24, 2.45) is 0 Å². The van der Waals surface area contributed by atoms with Crippen molar-refractivity contribution in [1.29, 1.82) is 0 Å². The molecule has 1 saturated carbocycles. The Bertz CT molecular complexity index is 747. The lowest BCUT2D eigenvalue weighted by atomic mass is 10.1. The molecule has 0 heterocycles. The molecule has 0 unspecified atom stereocenters. The number of amides is 2. The van der Waals surface area contributed by atoms with Gasteiger partial charge in [-0.25, -0.2) is 4.39 Å². The third-order valence-electron chi connectivity index (χ3n) is 3.87. The van der Waals surface area contributed by atoms with Gasteiger partial charge in [0.05, 0.1) is 6.04 Å². The minimum atomic E-state index is -0.724. The van der Waals surface area contributed by atoms with Crippen LogP contribution in [0.5, 0.6) is 5.75 Å². The SMILES string of the molecule is O=C(NC1CC1)C(=O)N[C@H](COc1ccccc1F)c1ccccc1. The maximum atomic E-state index is 13.7. The largest absolute Gasteiger partial charge is 0.488 e. The van der Waals surface area contributed by atoms with E-state index in [2.05, 4.69) is 10.6 Å². The molecule has 2 aromatic rings. The van der Waals surface area contributed by atoms with Crippen molar-refractivity contribution in [3.8, 4) is 5.75 Å². The van der Waals surface area contributed by atoms with E-state index in [0.717, 1.165) is 18.4 Å². The summed E-state index contributed by atoms with van der Waals surface area (Å²) in [7, 11) is 0. The van der Waals surface area contributed by atoms with E-state index < -0.39 is 23.7 Å². The first kappa shape index (κ1) is 17.0. The zero-order valence-corrected chi connectivity index (χ0v) is 13.6. The Labute approximate surface area is 145 Å². The Balaban J connectivity index is 1.68. The van der Waals surface area contributed by atoms with Gasteiger partial charge >= 0.3 is 11.8 Å². The van der Waals surface area contributed by atoms with Crippen LogP contribution >= 0.6 is 0 Å². The van der Waals surface area contributed by atoms with Gasteiger partial charge in [0.2, 0.25) is 0 Å². The molecular formula is C19H19FN2O3. The fraction of sp³-hybridized carbons (Fsp3) is 0.263. The van der Waals surface area contributed by atoms with Crippen LogP contribution in [0.4, 0.5) is 4.39 Å². The summed E-state index contributed by atoms with van der Waals surface area (Å²) < 4.78 is 19.2. The molecule has 0 saturated heterocycles. The zero-order valence-electron chi connectivity index (χ0n) is 13.6. The number of carbonyl (C=O) groups is 2. The summed E-state index contributed by atoms with van der Waals surface area (Å²) in [5, 5.41) is 5.30. The fourth-order valence-corrected chi connectivity index (χ4v) is 2.34. The van der Waals surface area contributed by atoms with E-state index in [1.54, 1.807) is 12.1 Å². The van der Waals surface area contributed by atoms with Gasteiger partial charge in [-0.05, 0) is 30.5 Å². The molecule has 2 N–H and O–H groups in total. The van der Waals surface area contributed by atoms with E-state index in [4.69, 9.17) is 4.74 Å². The summed E-state index contributed by atoms with van der Waals surface area (Å²) in [4.78, 5) is 24.0. The van der Waals surface area contributed by atoms with Crippen LogP contribution < -0.4 is 15.4 Å². The first-order chi connectivity index (χ1) is 12.1. The van der Waals surface area contributed by atoms with E-state index in [0.29, 0.717) is 0 Å². The number of nitrogens with one attached hydrogen (secondary N) is 2. The Morgan fingerprint density at radius 2 is 1.72 bits per heavy atom. The Morgan fingerprint density at radius 1 is 1.04 bits per heavy atom. The maximum absolute atomic E-state index is 13.7. The van der Waals surface area contributed by atoms with Crippen molar-refractivity contribution in [2.45, 2.75) is 24.9 Å². The van der Waals surface area contributed by atoms with Gasteiger partial charge < -0.3 is 15.4 Å². The average molecular weight is 342 g/mol. The molecule has 0 spiro atoms. The van der Waals surface area contributed by atoms with Crippen molar-refractivity contribution in [1.82, 2.24) is 10.6 Å². The van der Waals surface area contributed by atoms with Crippen LogP contribution in [0.2, 0.25) is 0 Å². The number of para-hydroxylation sites is 1. The number of halogens is 1. The van der Waals surface area contributed by atoms with Gasteiger partial charge in [-0.1, -0.05) is 42.5 Å². The predicted octanol–water partition coefficient (Wildman–Crippen LogP) is 2.34. The first-order valence-electron chi connectivity index (χ1n) is 8.17. The van der Waals surface area contributed by atoms with Crippen LogP contribution in [0.1, 0.15) is 24.4 Å². The van der Waals surface area contributed by atoms with Crippen LogP contribution in [-0.2, 0) is 9.59 Å². The highest BCUT2D eigenvalue weighted by Gasteiger charge is 2.28. The smallest absolute Gasteiger partial charge is 0.309 e. The number of benzene rings is 2. The standard InChI is InChI=1S/C19H19FN2O3/c20-15-8-4-5-9-17(15)25-12-16(13-6-2-1-3-7-13)22-19(24)18(23)21-14-10-11-14/h1-9,14,16H,10-12H2,(H,21,23)(H,22,24)/t16-/m1/s1. The number of rotatable bonds is 6. The lowest BCUT2D eigenvalue weighted by molar-refractivity contribution is -0.139. The third-order valence-corrected chi connectivity index (χ3v) is 3.87. The highest BCUT2D eigenvalue weighted by molar-refractivity contribution is 6.35. The molecule has 130 valence electrons. The van der Waals surface area contributed by atoms with Crippen molar-refractivity contribution in [3.63, 3.8) is 0 Å². The minimum Gasteiger partial charge on any atom is -0.488 e. The molecule has 1 aliphatic rings. The van der Waals surface area contributed by atoms with Crippen LogP contribution in [0.25, 0.3) is 0 Å². The van der Waals surface area contributed by atoms with Gasteiger partial charge in [0.1, 0.15) is 6.61 Å². The van der Waals surface area contributed by atoms with Gasteiger partial charge in [-0.15, -0.1) is 0 Å². The predicted molar refractivity (Wildman–Crippen MR) is 90.4 cm³/mol. The van der Waals surface area contributed by atoms with Gasteiger partial charge in [0.25, 0.3) is 0 Å². The number of hydrogen-bond donors (Lipinski definition) is 2. The van der Waals surface area contributed by atoms with E-state index in [9.17, 15) is 14.0 Å². The monoisotopic (exact) mass is 342 g/mol. The third kappa shape index (κ3) is 4.79. The quantitative estimate of drug-likeness (QED) is 0.792. The van der Waals surface area contributed by atoms with Crippen LogP contribution in [-0.4, -0.2) is 24.5 Å².